The Balaban J connectivity index is 1.73. The molecule has 1 aliphatic rings. The third-order valence-electron chi connectivity index (χ3n) is 4.43. The third-order valence-corrected chi connectivity index (χ3v) is 4.43. The van der Waals surface area contributed by atoms with Crippen LogP contribution in [0.15, 0.2) is 30.6 Å². The van der Waals surface area contributed by atoms with E-state index < -0.39 is 11.0 Å². The van der Waals surface area contributed by atoms with Crippen molar-refractivity contribution in [3.8, 4) is 6.07 Å². The molecule has 1 aromatic carbocycles. The molecule has 3 rings (SSSR count). The number of rotatable bonds is 4. The molecule has 8 heteroatoms. The molecule has 124 valence electrons. The smallest absolute Gasteiger partial charge is 0.293 e. The van der Waals surface area contributed by atoms with Crippen LogP contribution in [0.3, 0.4) is 0 Å². The van der Waals surface area contributed by atoms with Gasteiger partial charge in [-0.2, -0.15) is 5.26 Å². The molecule has 0 aliphatic carbocycles. The molecule has 0 amide bonds. The van der Waals surface area contributed by atoms with Gasteiger partial charge in [0, 0.05) is 31.5 Å². The monoisotopic (exact) mass is 327 g/mol. The number of H-pyrrole nitrogens is 1. The molecule has 1 aliphatic heterocycles. The van der Waals surface area contributed by atoms with E-state index >= 15 is 0 Å². The first-order chi connectivity index (χ1) is 11.6. The Labute approximate surface area is 138 Å². The lowest BCUT2D eigenvalue weighted by atomic mass is 9.90. The van der Waals surface area contributed by atoms with Gasteiger partial charge in [-0.3, -0.25) is 10.1 Å². The lowest BCUT2D eigenvalue weighted by Crippen LogP contribution is -2.36. The average molecular weight is 327 g/mol. The van der Waals surface area contributed by atoms with Crippen LogP contribution >= 0.6 is 0 Å². The highest BCUT2D eigenvalue weighted by molar-refractivity contribution is 5.65. The number of hydrogen-bond donors (Lipinski definition) is 2. The first-order valence-corrected chi connectivity index (χ1v) is 7.71. The molecule has 1 saturated heterocycles. The SMILES string of the molecule is N#Cc1ccc(N2CCC(C(O)c3ncc[nH]3)CC2)c([N+](=O)[O-])c1. The number of aromatic nitrogens is 2. The van der Waals surface area contributed by atoms with Crippen LogP contribution in [-0.2, 0) is 0 Å². The van der Waals surface area contributed by atoms with E-state index in [1.807, 2.05) is 11.0 Å². The van der Waals surface area contributed by atoms with Gasteiger partial charge in [0.1, 0.15) is 17.6 Å². The van der Waals surface area contributed by atoms with Crippen LogP contribution in [0, 0.1) is 27.4 Å². The summed E-state index contributed by atoms with van der Waals surface area (Å²) >= 11 is 0. The topological polar surface area (TPSA) is 119 Å². The van der Waals surface area contributed by atoms with Crippen LogP contribution in [0.1, 0.15) is 30.3 Å². The summed E-state index contributed by atoms with van der Waals surface area (Å²) in [6.45, 7) is 1.21. The maximum Gasteiger partial charge on any atom is 0.293 e. The van der Waals surface area contributed by atoms with E-state index in [9.17, 15) is 15.2 Å². The minimum Gasteiger partial charge on any atom is -0.385 e. The van der Waals surface area contributed by atoms with Crippen LogP contribution in [-0.4, -0.2) is 33.1 Å². The van der Waals surface area contributed by atoms with E-state index in [4.69, 9.17) is 5.26 Å². The third kappa shape index (κ3) is 3.07. The second-order valence-corrected chi connectivity index (χ2v) is 5.82. The summed E-state index contributed by atoms with van der Waals surface area (Å²) in [6, 6.07) is 6.44. The van der Waals surface area contributed by atoms with Crippen molar-refractivity contribution in [2.75, 3.05) is 18.0 Å². The summed E-state index contributed by atoms with van der Waals surface area (Å²) < 4.78 is 0. The molecular formula is C16H17N5O3. The van der Waals surface area contributed by atoms with Gasteiger partial charge in [-0.25, -0.2) is 4.98 Å². The van der Waals surface area contributed by atoms with Gasteiger partial charge in [0.25, 0.3) is 5.69 Å². The normalized spacial score (nSPS) is 16.6. The first kappa shape index (κ1) is 16.0. The predicted molar refractivity (Wildman–Crippen MR) is 86.3 cm³/mol. The van der Waals surface area contributed by atoms with Crippen molar-refractivity contribution in [2.24, 2.45) is 5.92 Å². The number of aliphatic hydroxyl groups excluding tert-OH is 1. The summed E-state index contributed by atoms with van der Waals surface area (Å²) in [4.78, 5) is 19.8. The van der Waals surface area contributed by atoms with E-state index in [1.165, 1.54) is 6.07 Å². The van der Waals surface area contributed by atoms with Crippen molar-refractivity contribution in [3.63, 3.8) is 0 Å². The van der Waals surface area contributed by atoms with Gasteiger partial charge in [0.2, 0.25) is 0 Å². The molecule has 0 radical (unpaired) electrons. The number of hydrogen-bond acceptors (Lipinski definition) is 6. The van der Waals surface area contributed by atoms with Gasteiger partial charge < -0.3 is 15.0 Å². The van der Waals surface area contributed by atoms with Crippen LogP contribution in [0.5, 0.6) is 0 Å². The van der Waals surface area contributed by atoms with E-state index in [0.717, 1.165) is 0 Å². The van der Waals surface area contributed by atoms with E-state index in [-0.39, 0.29) is 17.2 Å². The Hall–Kier alpha value is -2.92. The second-order valence-electron chi connectivity index (χ2n) is 5.82. The minimum absolute atomic E-state index is 0.0564. The molecule has 1 atom stereocenters. The number of nitriles is 1. The lowest BCUT2D eigenvalue weighted by Gasteiger charge is -2.34. The number of anilines is 1. The average Bonchev–Trinajstić information content (AvgIpc) is 3.15. The Kier molecular flexibility index (Phi) is 4.44. The number of nitrogens with one attached hydrogen (secondary N) is 1. The number of aliphatic hydroxyl groups is 1. The van der Waals surface area contributed by atoms with Crippen LogP contribution in [0.4, 0.5) is 11.4 Å². The largest absolute Gasteiger partial charge is 0.385 e. The molecule has 1 unspecified atom stereocenters. The Morgan fingerprint density at radius 3 is 2.79 bits per heavy atom. The van der Waals surface area contributed by atoms with E-state index in [0.29, 0.717) is 37.4 Å². The summed E-state index contributed by atoms with van der Waals surface area (Å²) in [7, 11) is 0. The van der Waals surface area contributed by atoms with Crippen molar-refractivity contribution >= 4 is 11.4 Å². The van der Waals surface area contributed by atoms with Crippen molar-refractivity contribution in [1.29, 1.82) is 5.26 Å². The fraction of sp³-hybridized carbons (Fsp3) is 0.375. The predicted octanol–water partition coefficient (Wildman–Crippen LogP) is 2.14. The van der Waals surface area contributed by atoms with Crippen molar-refractivity contribution in [3.05, 3.63) is 52.1 Å². The van der Waals surface area contributed by atoms with Gasteiger partial charge >= 0.3 is 0 Å². The van der Waals surface area contributed by atoms with Crippen molar-refractivity contribution in [2.45, 2.75) is 18.9 Å². The molecule has 0 saturated carbocycles. The van der Waals surface area contributed by atoms with Gasteiger partial charge in [-0.15, -0.1) is 0 Å². The number of piperidine rings is 1. The fourth-order valence-electron chi connectivity index (χ4n) is 3.13. The summed E-state index contributed by atoms with van der Waals surface area (Å²) in [5, 5.41) is 30.5. The van der Waals surface area contributed by atoms with Crippen LogP contribution in [0.25, 0.3) is 0 Å². The molecule has 0 spiro atoms. The number of benzene rings is 1. The maximum absolute atomic E-state index is 11.3. The zero-order chi connectivity index (χ0) is 17.1. The molecule has 0 bridgehead atoms. The van der Waals surface area contributed by atoms with Crippen LogP contribution in [0.2, 0.25) is 0 Å². The molecule has 8 nitrogen and oxygen atoms in total. The molecule has 2 N–H and O–H groups in total. The van der Waals surface area contributed by atoms with Crippen molar-refractivity contribution in [1.82, 2.24) is 9.97 Å². The van der Waals surface area contributed by atoms with Crippen LogP contribution < -0.4 is 4.90 Å². The highest BCUT2D eigenvalue weighted by atomic mass is 16.6. The number of nitrogens with zero attached hydrogens (tertiary/aromatic N) is 4. The zero-order valence-corrected chi connectivity index (χ0v) is 12.9. The molecule has 2 heterocycles. The fourth-order valence-corrected chi connectivity index (χ4v) is 3.13. The number of aromatic amines is 1. The van der Waals surface area contributed by atoms with Gasteiger partial charge in [0.05, 0.1) is 16.6 Å². The highest BCUT2D eigenvalue weighted by Gasteiger charge is 2.30. The Bertz CT molecular complexity index is 761. The van der Waals surface area contributed by atoms with Gasteiger partial charge in [-0.05, 0) is 30.9 Å². The molecule has 1 aromatic heterocycles. The zero-order valence-electron chi connectivity index (χ0n) is 12.9. The number of nitro groups is 1. The van der Waals surface area contributed by atoms with E-state index in [1.54, 1.807) is 24.5 Å². The Morgan fingerprint density at radius 1 is 1.46 bits per heavy atom. The summed E-state index contributed by atoms with van der Waals surface area (Å²) in [5.74, 6) is 0.614. The first-order valence-electron chi connectivity index (χ1n) is 7.71. The Morgan fingerprint density at radius 2 is 2.21 bits per heavy atom. The number of imidazole rings is 1. The van der Waals surface area contributed by atoms with Gasteiger partial charge in [0.15, 0.2) is 0 Å². The summed E-state index contributed by atoms with van der Waals surface area (Å²) in [6.07, 6.45) is 4.04. The molecule has 2 aromatic rings. The molecular weight excluding hydrogens is 310 g/mol. The standard InChI is InChI=1S/C16H17N5O3/c17-10-11-1-2-13(14(9-11)21(23)24)20-7-3-12(4-8-20)15(22)16-18-5-6-19-16/h1-2,5-6,9,12,15,22H,3-4,7-8H2,(H,18,19). The van der Waals surface area contributed by atoms with E-state index in [2.05, 4.69) is 9.97 Å². The molecule has 24 heavy (non-hydrogen) atoms. The molecule has 1 fully saturated rings. The number of nitro benzene ring substituents is 1. The van der Waals surface area contributed by atoms with Gasteiger partial charge in [-0.1, -0.05) is 0 Å². The summed E-state index contributed by atoms with van der Waals surface area (Å²) in [5.41, 5.74) is 0.734. The minimum atomic E-state index is -0.655. The van der Waals surface area contributed by atoms with Crippen molar-refractivity contribution < 1.29 is 10.0 Å². The lowest BCUT2D eigenvalue weighted by molar-refractivity contribution is -0.384. The quantitative estimate of drug-likeness (QED) is 0.656. The second kappa shape index (κ2) is 6.68. The highest BCUT2D eigenvalue weighted by Crippen LogP contribution is 2.35. The maximum atomic E-state index is 11.3.